The second kappa shape index (κ2) is 10.4. The summed E-state index contributed by atoms with van der Waals surface area (Å²) in [5.41, 5.74) is 4.45. The van der Waals surface area contributed by atoms with Crippen LogP contribution in [0.25, 0.3) is 16.9 Å². The number of likely N-dealkylation sites (N-methyl/N-ethyl adjacent to an activating group) is 2. The molecule has 0 spiro atoms. The first-order valence-corrected chi connectivity index (χ1v) is 12.8. The Morgan fingerprint density at radius 1 is 1.09 bits per heavy atom. The van der Waals surface area contributed by atoms with E-state index >= 15 is 0 Å². The van der Waals surface area contributed by atoms with Gasteiger partial charge in [-0.05, 0) is 69.6 Å². The SMILES string of the molecule is CCN(CC1CCCN1CC)c1ccc2c(c1)ncn2-c1ccnc(NC(C)c2ccccc2)n1. The van der Waals surface area contributed by atoms with Gasteiger partial charge in [-0.15, -0.1) is 0 Å². The van der Waals surface area contributed by atoms with Crippen molar-refractivity contribution in [1.29, 1.82) is 0 Å². The van der Waals surface area contributed by atoms with Gasteiger partial charge in [0.2, 0.25) is 5.95 Å². The maximum atomic E-state index is 4.78. The first-order chi connectivity index (χ1) is 17.2. The fourth-order valence-corrected chi connectivity index (χ4v) is 5.14. The van der Waals surface area contributed by atoms with Crippen LogP contribution in [0.5, 0.6) is 0 Å². The highest BCUT2D eigenvalue weighted by atomic mass is 15.2. The first kappa shape index (κ1) is 23.3. The Balaban J connectivity index is 1.36. The Hall–Kier alpha value is -3.45. The van der Waals surface area contributed by atoms with E-state index in [0.29, 0.717) is 12.0 Å². The van der Waals surface area contributed by atoms with Gasteiger partial charge in [-0.1, -0.05) is 37.3 Å². The van der Waals surface area contributed by atoms with Crippen LogP contribution >= 0.6 is 0 Å². The van der Waals surface area contributed by atoms with Gasteiger partial charge in [-0.2, -0.15) is 4.98 Å². The lowest BCUT2D eigenvalue weighted by atomic mass is 10.1. The van der Waals surface area contributed by atoms with E-state index in [4.69, 9.17) is 9.97 Å². The summed E-state index contributed by atoms with van der Waals surface area (Å²) in [5.74, 6) is 1.40. The standard InChI is InChI=1S/C28H35N7/c1-4-33-17-9-12-24(33)19-34(5-2)23-13-14-26-25(18-23)30-20-35(26)27-15-16-29-28(32-27)31-21(3)22-10-7-6-8-11-22/h6-8,10-11,13-16,18,20-21,24H,4-5,9,12,17,19H2,1-3H3,(H,29,31,32). The maximum absolute atomic E-state index is 4.78. The highest BCUT2D eigenvalue weighted by Gasteiger charge is 2.25. The molecular formula is C28H35N7. The van der Waals surface area contributed by atoms with Crippen molar-refractivity contribution in [2.75, 3.05) is 36.4 Å². The van der Waals surface area contributed by atoms with Crippen LogP contribution < -0.4 is 10.2 Å². The molecule has 1 aliphatic rings. The molecule has 4 aromatic rings. The van der Waals surface area contributed by atoms with E-state index in [1.807, 2.05) is 35.2 Å². The molecule has 2 atom stereocenters. The molecule has 2 aromatic carbocycles. The zero-order valence-electron chi connectivity index (χ0n) is 20.9. The average molecular weight is 470 g/mol. The van der Waals surface area contributed by atoms with E-state index in [2.05, 4.69) is 71.2 Å². The molecule has 2 unspecified atom stereocenters. The smallest absolute Gasteiger partial charge is 0.225 e. The average Bonchev–Trinajstić information content (AvgIpc) is 3.54. The highest BCUT2D eigenvalue weighted by Crippen LogP contribution is 2.26. The lowest BCUT2D eigenvalue weighted by Gasteiger charge is -2.31. The van der Waals surface area contributed by atoms with Gasteiger partial charge in [0.05, 0.1) is 17.1 Å². The molecule has 0 radical (unpaired) electrons. The van der Waals surface area contributed by atoms with Crippen LogP contribution in [0.3, 0.4) is 0 Å². The molecule has 1 aliphatic heterocycles. The molecule has 1 saturated heterocycles. The molecule has 5 rings (SSSR count). The summed E-state index contributed by atoms with van der Waals surface area (Å²) in [6.07, 6.45) is 6.24. The van der Waals surface area contributed by atoms with Crippen molar-refractivity contribution >= 4 is 22.7 Å². The summed E-state index contributed by atoms with van der Waals surface area (Å²) in [6, 6.07) is 19.6. The fraction of sp³-hybridized carbons (Fsp3) is 0.393. The summed E-state index contributed by atoms with van der Waals surface area (Å²) < 4.78 is 2.03. The second-order valence-corrected chi connectivity index (χ2v) is 9.27. The summed E-state index contributed by atoms with van der Waals surface area (Å²) in [4.78, 5) is 19.0. The second-order valence-electron chi connectivity index (χ2n) is 9.27. The van der Waals surface area contributed by atoms with Crippen LogP contribution in [0, 0.1) is 0 Å². The summed E-state index contributed by atoms with van der Waals surface area (Å²) in [5, 5.41) is 3.42. The van der Waals surface area contributed by atoms with Gasteiger partial charge in [-0.3, -0.25) is 9.47 Å². The van der Waals surface area contributed by atoms with E-state index < -0.39 is 0 Å². The molecule has 2 aromatic heterocycles. The summed E-state index contributed by atoms with van der Waals surface area (Å²) in [7, 11) is 0. The molecule has 0 bridgehead atoms. The van der Waals surface area contributed by atoms with Gasteiger partial charge in [-0.25, -0.2) is 9.97 Å². The third-order valence-corrected chi connectivity index (χ3v) is 7.15. The van der Waals surface area contributed by atoms with Crippen LogP contribution in [0.2, 0.25) is 0 Å². The van der Waals surface area contributed by atoms with Crippen molar-refractivity contribution in [3.05, 3.63) is 72.7 Å². The number of hydrogen-bond acceptors (Lipinski definition) is 6. The molecule has 3 heterocycles. The number of nitrogens with one attached hydrogen (secondary N) is 1. The van der Waals surface area contributed by atoms with Crippen LogP contribution in [-0.2, 0) is 0 Å². The van der Waals surface area contributed by atoms with Crippen molar-refractivity contribution in [2.45, 2.75) is 45.7 Å². The molecule has 1 fully saturated rings. The number of rotatable bonds is 9. The van der Waals surface area contributed by atoms with Gasteiger partial charge >= 0.3 is 0 Å². The van der Waals surface area contributed by atoms with E-state index in [1.165, 1.54) is 30.6 Å². The van der Waals surface area contributed by atoms with Gasteiger partial charge in [0.25, 0.3) is 0 Å². The number of benzene rings is 2. The largest absolute Gasteiger partial charge is 0.370 e. The van der Waals surface area contributed by atoms with Crippen molar-refractivity contribution in [1.82, 2.24) is 24.4 Å². The fourth-order valence-electron chi connectivity index (χ4n) is 5.14. The van der Waals surface area contributed by atoms with Crippen molar-refractivity contribution < 1.29 is 0 Å². The van der Waals surface area contributed by atoms with E-state index in [-0.39, 0.29) is 6.04 Å². The number of anilines is 2. The number of likely N-dealkylation sites (tertiary alicyclic amines) is 1. The van der Waals surface area contributed by atoms with E-state index in [1.54, 1.807) is 6.20 Å². The number of fused-ring (bicyclic) bond motifs is 1. The minimum atomic E-state index is 0.108. The third kappa shape index (κ3) is 5.00. The minimum absolute atomic E-state index is 0.108. The van der Waals surface area contributed by atoms with Crippen molar-refractivity contribution in [3.63, 3.8) is 0 Å². The lowest BCUT2D eigenvalue weighted by Crippen LogP contribution is -2.40. The third-order valence-electron chi connectivity index (χ3n) is 7.15. The predicted octanol–water partition coefficient (Wildman–Crippen LogP) is 5.30. The van der Waals surface area contributed by atoms with Gasteiger partial charge in [0.15, 0.2) is 0 Å². The van der Waals surface area contributed by atoms with Gasteiger partial charge in [0, 0.05) is 31.0 Å². The van der Waals surface area contributed by atoms with Crippen molar-refractivity contribution in [3.8, 4) is 5.82 Å². The normalized spacial score (nSPS) is 17.1. The Bertz CT molecular complexity index is 1250. The zero-order valence-corrected chi connectivity index (χ0v) is 20.9. The zero-order chi connectivity index (χ0) is 24.2. The summed E-state index contributed by atoms with van der Waals surface area (Å²) >= 11 is 0. The highest BCUT2D eigenvalue weighted by molar-refractivity contribution is 5.81. The molecule has 0 aliphatic carbocycles. The van der Waals surface area contributed by atoms with Crippen LogP contribution in [0.1, 0.15) is 45.2 Å². The Labute approximate surface area is 207 Å². The molecule has 35 heavy (non-hydrogen) atoms. The van der Waals surface area contributed by atoms with Crippen LogP contribution in [0.15, 0.2) is 67.1 Å². The molecule has 182 valence electrons. The molecule has 0 saturated carbocycles. The number of aromatic nitrogens is 4. The number of nitrogens with zero attached hydrogens (tertiary/aromatic N) is 6. The Morgan fingerprint density at radius 2 is 1.94 bits per heavy atom. The van der Waals surface area contributed by atoms with Gasteiger partial charge < -0.3 is 10.2 Å². The van der Waals surface area contributed by atoms with Crippen LogP contribution in [-0.4, -0.2) is 56.6 Å². The monoisotopic (exact) mass is 469 g/mol. The molecular weight excluding hydrogens is 434 g/mol. The molecule has 7 heteroatoms. The summed E-state index contributed by atoms with van der Waals surface area (Å²) in [6.45, 7) is 11.0. The number of imidazole rings is 1. The predicted molar refractivity (Wildman–Crippen MR) is 143 cm³/mol. The first-order valence-electron chi connectivity index (χ1n) is 12.8. The minimum Gasteiger partial charge on any atom is -0.370 e. The molecule has 1 N–H and O–H groups in total. The molecule has 0 amide bonds. The topological polar surface area (TPSA) is 62.1 Å². The quantitative estimate of drug-likeness (QED) is 0.359. The van der Waals surface area contributed by atoms with Crippen molar-refractivity contribution in [2.24, 2.45) is 0 Å². The Kier molecular flexibility index (Phi) is 6.95. The Morgan fingerprint density at radius 3 is 2.74 bits per heavy atom. The van der Waals surface area contributed by atoms with Gasteiger partial charge in [0.1, 0.15) is 12.1 Å². The maximum Gasteiger partial charge on any atom is 0.225 e. The van der Waals surface area contributed by atoms with Crippen LogP contribution in [0.4, 0.5) is 11.6 Å². The van der Waals surface area contributed by atoms with E-state index in [9.17, 15) is 0 Å². The van der Waals surface area contributed by atoms with E-state index in [0.717, 1.165) is 36.5 Å². The molecule has 7 nitrogen and oxygen atoms in total. The lowest BCUT2D eigenvalue weighted by molar-refractivity contribution is 0.269. The number of hydrogen-bond donors (Lipinski definition) is 1.